The molecule has 0 aromatic heterocycles. The SMILES string of the molecule is COC(=O)C(C)NCC(O)COc1cccc(Br)c1. The summed E-state index contributed by atoms with van der Waals surface area (Å²) in [4.78, 5) is 11.1. The van der Waals surface area contributed by atoms with Gasteiger partial charge in [-0.05, 0) is 25.1 Å². The van der Waals surface area contributed by atoms with Gasteiger partial charge in [-0.25, -0.2) is 0 Å². The van der Waals surface area contributed by atoms with E-state index in [0.29, 0.717) is 5.75 Å². The summed E-state index contributed by atoms with van der Waals surface area (Å²) in [6.45, 7) is 2.08. The zero-order valence-corrected chi connectivity index (χ0v) is 12.5. The monoisotopic (exact) mass is 331 g/mol. The number of aliphatic hydroxyl groups is 1. The molecule has 0 aliphatic rings. The number of hydrogen-bond acceptors (Lipinski definition) is 5. The van der Waals surface area contributed by atoms with Crippen molar-refractivity contribution in [3.63, 3.8) is 0 Å². The first-order valence-electron chi connectivity index (χ1n) is 5.90. The second kappa shape index (κ2) is 8.14. The van der Waals surface area contributed by atoms with Crippen molar-refractivity contribution in [2.75, 3.05) is 20.3 Å². The van der Waals surface area contributed by atoms with Crippen molar-refractivity contribution in [2.45, 2.75) is 19.1 Å². The van der Waals surface area contributed by atoms with Crippen LogP contribution in [0.3, 0.4) is 0 Å². The van der Waals surface area contributed by atoms with Gasteiger partial charge in [-0.3, -0.25) is 4.79 Å². The Bertz CT molecular complexity index is 413. The van der Waals surface area contributed by atoms with Crippen LogP contribution in [0, 0.1) is 0 Å². The van der Waals surface area contributed by atoms with E-state index in [2.05, 4.69) is 26.0 Å². The van der Waals surface area contributed by atoms with E-state index in [1.54, 1.807) is 6.92 Å². The van der Waals surface area contributed by atoms with Crippen LogP contribution in [-0.4, -0.2) is 43.5 Å². The van der Waals surface area contributed by atoms with Gasteiger partial charge < -0.3 is 19.9 Å². The second-order valence-corrected chi connectivity index (χ2v) is 4.99. The van der Waals surface area contributed by atoms with Gasteiger partial charge in [0.1, 0.15) is 24.5 Å². The fraction of sp³-hybridized carbons (Fsp3) is 0.462. The summed E-state index contributed by atoms with van der Waals surface area (Å²) in [6, 6.07) is 6.91. The zero-order chi connectivity index (χ0) is 14.3. The molecule has 2 atom stereocenters. The Balaban J connectivity index is 2.28. The minimum Gasteiger partial charge on any atom is -0.491 e. The first-order valence-corrected chi connectivity index (χ1v) is 6.70. The molecule has 1 aromatic rings. The Kier molecular flexibility index (Phi) is 6.83. The molecule has 1 rings (SSSR count). The van der Waals surface area contributed by atoms with E-state index in [1.807, 2.05) is 24.3 Å². The molecule has 0 aliphatic heterocycles. The number of methoxy groups -OCH3 is 1. The Morgan fingerprint density at radius 2 is 2.26 bits per heavy atom. The minimum absolute atomic E-state index is 0.150. The van der Waals surface area contributed by atoms with Gasteiger partial charge in [-0.15, -0.1) is 0 Å². The predicted molar refractivity (Wildman–Crippen MR) is 75.1 cm³/mol. The summed E-state index contributed by atoms with van der Waals surface area (Å²) in [5.74, 6) is 0.314. The van der Waals surface area contributed by atoms with Crippen LogP contribution in [0.5, 0.6) is 5.75 Å². The van der Waals surface area contributed by atoms with E-state index >= 15 is 0 Å². The highest BCUT2D eigenvalue weighted by molar-refractivity contribution is 9.10. The molecule has 0 bridgehead atoms. The van der Waals surface area contributed by atoms with E-state index in [1.165, 1.54) is 7.11 Å². The molecule has 0 saturated carbocycles. The van der Waals surface area contributed by atoms with Gasteiger partial charge in [0.2, 0.25) is 0 Å². The number of benzene rings is 1. The van der Waals surface area contributed by atoms with Crippen molar-refractivity contribution in [3.05, 3.63) is 28.7 Å². The molecular weight excluding hydrogens is 314 g/mol. The molecule has 106 valence electrons. The predicted octanol–water partition coefficient (Wildman–Crippen LogP) is 1.34. The van der Waals surface area contributed by atoms with Crippen LogP contribution in [0.2, 0.25) is 0 Å². The van der Waals surface area contributed by atoms with E-state index in [-0.39, 0.29) is 19.1 Å². The minimum atomic E-state index is -0.703. The summed E-state index contributed by atoms with van der Waals surface area (Å²) in [5, 5.41) is 12.6. The molecular formula is C13H18BrNO4. The van der Waals surface area contributed by atoms with Crippen LogP contribution in [0.15, 0.2) is 28.7 Å². The molecule has 2 N–H and O–H groups in total. The fourth-order valence-electron chi connectivity index (χ4n) is 1.38. The number of carbonyl (C=O) groups is 1. The van der Waals surface area contributed by atoms with Crippen molar-refractivity contribution < 1.29 is 19.4 Å². The van der Waals surface area contributed by atoms with Crippen molar-refractivity contribution in [1.29, 1.82) is 0 Å². The molecule has 1 aromatic carbocycles. The highest BCUT2D eigenvalue weighted by Gasteiger charge is 2.14. The molecule has 0 radical (unpaired) electrons. The number of halogens is 1. The molecule has 0 amide bonds. The number of rotatable bonds is 7. The first-order chi connectivity index (χ1) is 9.02. The molecule has 6 heteroatoms. The Hall–Kier alpha value is -1.11. The number of esters is 1. The van der Waals surface area contributed by atoms with Crippen LogP contribution in [0.4, 0.5) is 0 Å². The third-order valence-electron chi connectivity index (χ3n) is 2.45. The van der Waals surface area contributed by atoms with E-state index in [9.17, 15) is 9.90 Å². The van der Waals surface area contributed by atoms with Crippen LogP contribution in [0.1, 0.15) is 6.92 Å². The number of ether oxygens (including phenoxy) is 2. The second-order valence-electron chi connectivity index (χ2n) is 4.08. The maximum absolute atomic E-state index is 11.1. The first kappa shape index (κ1) is 15.9. The lowest BCUT2D eigenvalue weighted by Gasteiger charge is -2.16. The van der Waals surface area contributed by atoms with Crippen molar-refractivity contribution in [1.82, 2.24) is 5.32 Å². The summed E-state index contributed by atoms with van der Waals surface area (Å²) < 4.78 is 10.9. The molecule has 0 saturated heterocycles. The number of carbonyl (C=O) groups excluding carboxylic acids is 1. The molecule has 19 heavy (non-hydrogen) atoms. The van der Waals surface area contributed by atoms with Gasteiger partial charge in [-0.1, -0.05) is 22.0 Å². The average molecular weight is 332 g/mol. The maximum atomic E-state index is 11.1. The van der Waals surface area contributed by atoms with Gasteiger partial charge in [0.25, 0.3) is 0 Å². The van der Waals surface area contributed by atoms with Gasteiger partial charge in [0.05, 0.1) is 7.11 Å². The molecule has 2 unspecified atom stereocenters. The standard InChI is InChI=1S/C13H18BrNO4/c1-9(13(17)18-2)15-7-11(16)8-19-12-5-3-4-10(14)6-12/h3-6,9,11,15-16H,7-8H2,1-2H3. The van der Waals surface area contributed by atoms with Crippen LogP contribution in [0.25, 0.3) is 0 Å². The van der Waals surface area contributed by atoms with Crippen LogP contribution in [-0.2, 0) is 9.53 Å². The number of aliphatic hydroxyl groups excluding tert-OH is 1. The topological polar surface area (TPSA) is 67.8 Å². The lowest BCUT2D eigenvalue weighted by molar-refractivity contribution is -0.142. The molecule has 0 spiro atoms. The summed E-state index contributed by atoms with van der Waals surface area (Å²) >= 11 is 3.34. The Morgan fingerprint density at radius 1 is 1.53 bits per heavy atom. The number of nitrogens with one attached hydrogen (secondary N) is 1. The van der Waals surface area contributed by atoms with E-state index in [0.717, 1.165) is 4.47 Å². The van der Waals surface area contributed by atoms with Gasteiger partial charge in [0.15, 0.2) is 0 Å². The van der Waals surface area contributed by atoms with E-state index in [4.69, 9.17) is 4.74 Å². The van der Waals surface area contributed by atoms with Crippen molar-refractivity contribution in [2.24, 2.45) is 0 Å². The summed E-state index contributed by atoms with van der Waals surface area (Å²) in [5.41, 5.74) is 0. The van der Waals surface area contributed by atoms with Crippen molar-refractivity contribution >= 4 is 21.9 Å². The van der Waals surface area contributed by atoms with Gasteiger partial charge >= 0.3 is 5.97 Å². The normalized spacial score (nSPS) is 13.7. The zero-order valence-electron chi connectivity index (χ0n) is 10.9. The molecule has 0 aliphatic carbocycles. The quantitative estimate of drug-likeness (QED) is 0.738. The summed E-state index contributed by atoms with van der Waals surface area (Å²) in [7, 11) is 1.33. The lowest BCUT2D eigenvalue weighted by Crippen LogP contribution is -2.41. The fourth-order valence-corrected chi connectivity index (χ4v) is 1.76. The van der Waals surface area contributed by atoms with Crippen molar-refractivity contribution in [3.8, 4) is 5.75 Å². The van der Waals surface area contributed by atoms with Gasteiger partial charge in [-0.2, -0.15) is 0 Å². The highest BCUT2D eigenvalue weighted by Crippen LogP contribution is 2.17. The highest BCUT2D eigenvalue weighted by atomic mass is 79.9. The van der Waals surface area contributed by atoms with Crippen LogP contribution < -0.4 is 10.1 Å². The lowest BCUT2D eigenvalue weighted by atomic mass is 10.3. The van der Waals surface area contributed by atoms with E-state index < -0.39 is 12.1 Å². The van der Waals surface area contributed by atoms with Gasteiger partial charge in [0, 0.05) is 11.0 Å². The smallest absolute Gasteiger partial charge is 0.322 e. The molecule has 0 fully saturated rings. The van der Waals surface area contributed by atoms with Crippen LogP contribution >= 0.6 is 15.9 Å². The largest absolute Gasteiger partial charge is 0.491 e. The summed E-state index contributed by atoms with van der Waals surface area (Å²) in [6.07, 6.45) is -0.703. The third-order valence-corrected chi connectivity index (χ3v) is 2.95. The average Bonchev–Trinajstić information content (AvgIpc) is 2.41. The Labute approximate surface area is 121 Å². The third kappa shape index (κ3) is 6.04. The number of hydrogen-bond donors (Lipinski definition) is 2. The maximum Gasteiger partial charge on any atom is 0.322 e. The molecule has 0 heterocycles. The Morgan fingerprint density at radius 3 is 2.89 bits per heavy atom. The molecule has 5 nitrogen and oxygen atoms in total.